The number of ether oxygens (including phenoxy) is 2. The van der Waals surface area contributed by atoms with Crippen molar-refractivity contribution < 1.29 is 38.5 Å². The average Bonchev–Trinajstić information content (AvgIpc) is 1.97. The number of carbonyl (C=O) groups is 2. The summed E-state index contributed by atoms with van der Waals surface area (Å²) in [6.07, 6.45) is 0.275. The van der Waals surface area contributed by atoms with Gasteiger partial charge >= 0.3 is 11.9 Å². The van der Waals surface area contributed by atoms with Gasteiger partial charge < -0.3 is 9.47 Å². The molecule has 0 radical (unpaired) electrons. The van der Waals surface area contributed by atoms with Gasteiger partial charge in [0.1, 0.15) is 0 Å². The van der Waals surface area contributed by atoms with Crippen LogP contribution in [-0.2, 0) is 38.5 Å². The van der Waals surface area contributed by atoms with E-state index in [9.17, 15) is 9.59 Å². The SMILES string of the molecule is O=C1CCC(=O)OCO1.[Zn]. The van der Waals surface area contributed by atoms with Gasteiger partial charge in [-0.3, -0.25) is 9.59 Å². The van der Waals surface area contributed by atoms with Crippen LogP contribution in [-0.4, -0.2) is 18.7 Å². The maximum Gasteiger partial charge on any atom is 0.309 e. The summed E-state index contributed by atoms with van der Waals surface area (Å²) in [6, 6.07) is 0. The molecule has 0 atom stereocenters. The Kier molecular flexibility index (Phi) is 4.20. The van der Waals surface area contributed by atoms with E-state index in [1.807, 2.05) is 0 Å². The zero-order chi connectivity index (χ0) is 6.69. The van der Waals surface area contributed by atoms with E-state index in [1.165, 1.54) is 0 Å². The van der Waals surface area contributed by atoms with Crippen molar-refractivity contribution in [3.63, 3.8) is 0 Å². The van der Waals surface area contributed by atoms with E-state index < -0.39 is 0 Å². The molecule has 5 heteroatoms. The number of hydrogen-bond acceptors (Lipinski definition) is 4. The number of rotatable bonds is 0. The minimum atomic E-state index is -0.374. The zero-order valence-electron chi connectivity index (χ0n) is 5.46. The maximum absolute atomic E-state index is 10.4. The molecule has 0 unspecified atom stereocenters. The van der Waals surface area contributed by atoms with Crippen LogP contribution < -0.4 is 0 Å². The minimum absolute atomic E-state index is 0. The van der Waals surface area contributed by atoms with Crippen molar-refractivity contribution in [2.75, 3.05) is 6.79 Å². The van der Waals surface area contributed by atoms with Crippen LogP contribution in [0.5, 0.6) is 0 Å². The van der Waals surface area contributed by atoms with Crippen molar-refractivity contribution in [3.05, 3.63) is 0 Å². The molecule has 1 saturated heterocycles. The maximum atomic E-state index is 10.4. The van der Waals surface area contributed by atoms with Crippen LogP contribution in [0.4, 0.5) is 0 Å². The van der Waals surface area contributed by atoms with Gasteiger partial charge in [0.2, 0.25) is 6.79 Å². The molecule has 4 nitrogen and oxygen atoms in total. The molecule has 52 valence electrons. The summed E-state index contributed by atoms with van der Waals surface area (Å²) < 4.78 is 8.78. The molecule has 10 heavy (non-hydrogen) atoms. The van der Waals surface area contributed by atoms with Crippen LogP contribution in [0.15, 0.2) is 0 Å². The third kappa shape index (κ3) is 2.92. The first-order valence-corrected chi connectivity index (χ1v) is 2.60. The van der Waals surface area contributed by atoms with E-state index >= 15 is 0 Å². The van der Waals surface area contributed by atoms with E-state index in [0.717, 1.165) is 0 Å². The Morgan fingerprint density at radius 3 is 1.80 bits per heavy atom. The zero-order valence-corrected chi connectivity index (χ0v) is 8.43. The van der Waals surface area contributed by atoms with Gasteiger partial charge in [-0.2, -0.15) is 0 Å². The van der Waals surface area contributed by atoms with Crippen LogP contribution in [0.1, 0.15) is 12.8 Å². The van der Waals surface area contributed by atoms with Gasteiger partial charge in [-0.05, 0) is 0 Å². The molecule has 0 N–H and O–H groups in total. The molecular formula is C5H6O4Zn. The van der Waals surface area contributed by atoms with Gasteiger partial charge in [0, 0.05) is 19.5 Å². The molecule has 0 spiro atoms. The molecule has 1 aliphatic rings. The number of hydrogen-bond donors (Lipinski definition) is 0. The first kappa shape index (κ1) is 9.56. The Labute approximate surface area is 70.6 Å². The predicted molar refractivity (Wildman–Crippen MR) is 26.3 cm³/mol. The minimum Gasteiger partial charge on any atom is -0.428 e. The summed E-state index contributed by atoms with van der Waals surface area (Å²) >= 11 is 0. The van der Waals surface area contributed by atoms with Gasteiger partial charge in [-0.1, -0.05) is 0 Å². The van der Waals surface area contributed by atoms with Gasteiger partial charge in [0.25, 0.3) is 0 Å². The molecule has 1 heterocycles. The summed E-state index contributed by atoms with van der Waals surface area (Å²) in [5.41, 5.74) is 0. The normalized spacial score (nSPS) is 18.0. The number of esters is 2. The van der Waals surface area contributed by atoms with Crippen molar-refractivity contribution in [2.45, 2.75) is 12.8 Å². The molecule has 0 aromatic heterocycles. The van der Waals surface area contributed by atoms with Crippen molar-refractivity contribution in [3.8, 4) is 0 Å². The Bertz CT molecular complexity index is 129. The van der Waals surface area contributed by atoms with Crippen LogP contribution in [0.2, 0.25) is 0 Å². The molecular weight excluding hydrogens is 189 g/mol. The third-order valence-corrected chi connectivity index (χ3v) is 0.973. The van der Waals surface area contributed by atoms with Gasteiger partial charge in [0.15, 0.2) is 0 Å². The van der Waals surface area contributed by atoms with Gasteiger partial charge in [0.05, 0.1) is 12.8 Å². The second kappa shape index (κ2) is 4.39. The average molecular weight is 195 g/mol. The smallest absolute Gasteiger partial charge is 0.309 e. The first-order valence-electron chi connectivity index (χ1n) is 2.60. The topological polar surface area (TPSA) is 52.6 Å². The Morgan fingerprint density at radius 1 is 1.00 bits per heavy atom. The summed E-state index contributed by atoms with van der Waals surface area (Å²) in [5, 5.41) is 0. The molecule has 0 aromatic rings. The Balaban J connectivity index is 0.000000810. The monoisotopic (exact) mass is 194 g/mol. The summed E-state index contributed by atoms with van der Waals surface area (Å²) in [4.78, 5) is 20.7. The Morgan fingerprint density at radius 2 is 1.40 bits per heavy atom. The van der Waals surface area contributed by atoms with E-state index in [0.29, 0.717) is 0 Å². The Hall–Kier alpha value is -0.437. The van der Waals surface area contributed by atoms with Crippen molar-refractivity contribution in [1.82, 2.24) is 0 Å². The fourth-order valence-corrected chi connectivity index (χ4v) is 0.509. The van der Waals surface area contributed by atoms with Crippen LogP contribution in [0, 0.1) is 0 Å². The first-order chi connectivity index (χ1) is 4.29. The summed E-state index contributed by atoms with van der Waals surface area (Å²) in [7, 11) is 0. The largest absolute Gasteiger partial charge is 0.428 e. The van der Waals surface area contributed by atoms with Gasteiger partial charge in [-0.15, -0.1) is 0 Å². The van der Waals surface area contributed by atoms with Crippen molar-refractivity contribution in [2.24, 2.45) is 0 Å². The molecule has 1 fully saturated rings. The quantitative estimate of drug-likeness (QED) is 0.398. The molecule has 0 aliphatic carbocycles. The fraction of sp³-hybridized carbons (Fsp3) is 0.600. The molecule has 1 rings (SSSR count). The van der Waals surface area contributed by atoms with E-state index in [2.05, 4.69) is 9.47 Å². The van der Waals surface area contributed by atoms with Crippen LogP contribution in [0.3, 0.4) is 0 Å². The summed E-state index contributed by atoms with van der Waals surface area (Å²) in [6.45, 7) is -0.225. The third-order valence-electron chi connectivity index (χ3n) is 0.973. The number of cyclic esters (lactones) is 2. The molecule has 1 aliphatic heterocycles. The second-order valence-corrected chi connectivity index (χ2v) is 1.65. The molecule has 0 saturated carbocycles. The number of carbonyl (C=O) groups excluding carboxylic acids is 2. The summed E-state index contributed by atoms with van der Waals surface area (Å²) in [5.74, 6) is -0.748. The molecule has 0 amide bonds. The van der Waals surface area contributed by atoms with Crippen molar-refractivity contribution in [1.29, 1.82) is 0 Å². The van der Waals surface area contributed by atoms with E-state index in [1.54, 1.807) is 0 Å². The van der Waals surface area contributed by atoms with Gasteiger partial charge in [-0.25, -0.2) is 0 Å². The second-order valence-electron chi connectivity index (χ2n) is 1.65. The fourth-order valence-electron chi connectivity index (χ4n) is 0.509. The standard InChI is InChI=1S/C5H6O4.Zn/c6-4-1-2-5(7)9-3-8-4;/h1-3H2;. The van der Waals surface area contributed by atoms with Crippen molar-refractivity contribution >= 4 is 11.9 Å². The van der Waals surface area contributed by atoms with Crippen LogP contribution in [0.25, 0.3) is 0 Å². The predicted octanol–water partition coefficient (Wildman–Crippen LogP) is -0.178. The van der Waals surface area contributed by atoms with E-state index in [-0.39, 0.29) is 51.1 Å². The van der Waals surface area contributed by atoms with E-state index in [4.69, 9.17) is 0 Å². The molecule has 0 aromatic carbocycles. The van der Waals surface area contributed by atoms with Crippen LogP contribution >= 0.6 is 0 Å². The molecule has 0 bridgehead atoms.